The maximum atomic E-state index is 13.9. The minimum Gasteiger partial charge on any atom is -0.319 e. The van der Waals surface area contributed by atoms with Crippen LogP contribution in [0.15, 0.2) is 0 Å². The van der Waals surface area contributed by atoms with Crippen LogP contribution in [-0.2, 0) is 23.7 Å². The first-order valence-corrected chi connectivity index (χ1v) is 8.58. The summed E-state index contributed by atoms with van der Waals surface area (Å²) in [6, 6.07) is 0. The summed E-state index contributed by atoms with van der Waals surface area (Å²) >= 11 is 5.68. The van der Waals surface area contributed by atoms with E-state index in [0.717, 1.165) is 0 Å². The Morgan fingerprint density at radius 3 is 1.90 bits per heavy atom. The van der Waals surface area contributed by atoms with Crippen LogP contribution in [-0.4, -0.2) is 15.7 Å². The van der Waals surface area contributed by atoms with Crippen molar-refractivity contribution in [1.29, 1.82) is 0 Å². The molecule has 4 nitrogen and oxygen atoms in total. The van der Waals surface area contributed by atoms with Crippen molar-refractivity contribution in [3.63, 3.8) is 0 Å². The fourth-order valence-electron chi connectivity index (χ4n) is 2.81. The van der Waals surface area contributed by atoms with Crippen molar-refractivity contribution in [3.05, 3.63) is 45.2 Å². The van der Waals surface area contributed by atoms with Crippen molar-refractivity contribution in [1.82, 2.24) is 9.78 Å². The molecule has 31 heavy (non-hydrogen) atoms. The van der Waals surface area contributed by atoms with Gasteiger partial charge in [-0.3, -0.25) is 9.48 Å². The molecule has 15 heteroatoms. The second-order valence-corrected chi connectivity index (χ2v) is 6.91. The summed E-state index contributed by atoms with van der Waals surface area (Å²) in [5, 5.41) is 3.70. The van der Waals surface area contributed by atoms with Gasteiger partial charge in [-0.1, -0.05) is 11.6 Å². The third kappa shape index (κ3) is 4.29. The highest BCUT2D eigenvalue weighted by Crippen LogP contribution is 2.47. The third-order valence-corrected chi connectivity index (χ3v) is 4.64. The van der Waals surface area contributed by atoms with Gasteiger partial charge in [-0.15, -0.1) is 0 Å². The molecule has 1 saturated carbocycles. The minimum absolute atomic E-state index is 0.185. The van der Waals surface area contributed by atoms with E-state index in [2.05, 4.69) is 5.10 Å². The van der Waals surface area contributed by atoms with Crippen LogP contribution in [0, 0.1) is 23.3 Å². The number of carbonyl (C=O) groups is 1. The number of benzene rings is 1. The highest BCUT2D eigenvalue weighted by Gasteiger charge is 2.44. The van der Waals surface area contributed by atoms with Crippen LogP contribution in [0.4, 0.5) is 49.6 Å². The molecule has 1 amide bonds. The molecule has 0 radical (unpaired) electrons. The van der Waals surface area contributed by atoms with Gasteiger partial charge in [-0.25, -0.2) is 17.6 Å². The number of nitrogens with zero attached hydrogens (tertiary/aromatic N) is 2. The average Bonchev–Trinajstić information content (AvgIpc) is 3.39. The molecular formula is C16H8ClF10N3O. The van der Waals surface area contributed by atoms with Gasteiger partial charge in [-0.2, -0.15) is 31.4 Å². The van der Waals surface area contributed by atoms with Crippen LogP contribution in [0.5, 0.6) is 0 Å². The van der Waals surface area contributed by atoms with E-state index in [4.69, 9.17) is 11.6 Å². The normalized spacial score (nSPS) is 14.8. The van der Waals surface area contributed by atoms with Crippen molar-refractivity contribution in [3.8, 4) is 0 Å². The predicted molar refractivity (Wildman–Crippen MR) is 84.1 cm³/mol. The Morgan fingerprint density at radius 2 is 1.48 bits per heavy atom. The third-order valence-electron chi connectivity index (χ3n) is 4.27. The van der Waals surface area contributed by atoms with Crippen molar-refractivity contribution in [2.45, 2.75) is 37.7 Å². The molecule has 1 aromatic carbocycles. The molecule has 3 rings (SSSR count). The lowest BCUT2D eigenvalue weighted by Crippen LogP contribution is -2.24. The molecule has 1 aliphatic carbocycles. The summed E-state index contributed by atoms with van der Waals surface area (Å²) in [4.78, 5) is 12.1. The van der Waals surface area contributed by atoms with Gasteiger partial charge in [0.15, 0.2) is 29.0 Å². The first-order valence-electron chi connectivity index (χ1n) is 8.21. The van der Waals surface area contributed by atoms with E-state index in [-0.39, 0.29) is 5.69 Å². The lowest BCUT2D eigenvalue weighted by Gasteiger charge is -2.15. The van der Waals surface area contributed by atoms with Crippen molar-refractivity contribution >= 4 is 23.2 Å². The van der Waals surface area contributed by atoms with Gasteiger partial charge < -0.3 is 5.32 Å². The Morgan fingerprint density at radius 1 is 0.968 bits per heavy atom. The summed E-state index contributed by atoms with van der Waals surface area (Å²) in [7, 11) is 0. The number of nitrogens with one attached hydrogen (secondary N) is 1. The number of hydrogen-bond acceptors (Lipinski definition) is 2. The zero-order valence-electron chi connectivity index (χ0n) is 14.7. The molecule has 0 saturated heterocycles. The second-order valence-electron chi connectivity index (χ2n) is 6.53. The minimum atomic E-state index is -5.78. The average molecular weight is 484 g/mol. The first kappa shape index (κ1) is 23.2. The molecule has 170 valence electrons. The van der Waals surface area contributed by atoms with E-state index < -0.39 is 76.0 Å². The van der Waals surface area contributed by atoms with E-state index in [0.29, 0.717) is 17.5 Å². The largest absolute Gasteiger partial charge is 0.436 e. The molecule has 1 aromatic heterocycles. The lowest BCUT2D eigenvalue weighted by molar-refractivity contribution is -0.143. The topological polar surface area (TPSA) is 46.9 Å². The SMILES string of the molecule is O=C(Cn1nc(C(F)(F)F)c(Cl)c1C1CC1)Nc1c(F)c(F)c(C(F)(F)F)c(F)c1F. The number of alkyl halides is 6. The van der Waals surface area contributed by atoms with Crippen LogP contribution < -0.4 is 5.32 Å². The molecule has 0 aliphatic heterocycles. The van der Waals surface area contributed by atoms with Crippen molar-refractivity contribution in [2.75, 3.05) is 5.32 Å². The number of aromatic nitrogens is 2. The van der Waals surface area contributed by atoms with Crippen LogP contribution in [0.25, 0.3) is 0 Å². The summed E-state index contributed by atoms with van der Waals surface area (Å²) in [5.41, 5.74) is -6.43. The van der Waals surface area contributed by atoms with E-state index in [1.165, 1.54) is 5.32 Å². The molecule has 0 spiro atoms. The Hall–Kier alpha value is -2.51. The van der Waals surface area contributed by atoms with E-state index in [1.54, 1.807) is 0 Å². The smallest absolute Gasteiger partial charge is 0.319 e. The van der Waals surface area contributed by atoms with E-state index in [1.807, 2.05) is 0 Å². The molecule has 1 fully saturated rings. The molecular weight excluding hydrogens is 476 g/mol. The van der Waals surface area contributed by atoms with Crippen LogP contribution in [0.1, 0.15) is 35.7 Å². The summed E-state index contributed by atoms with van der Waals surface area (Å²) < 4.78 is 132. The van der Waals surface area contributed by atoms with Gasteiger partial charge in [0.05, 0.1) is 10.7 Å². The Bertz CT molecular complexity index is 1030. The zero-order valence-corrected chi connectivity index (χ0v) is 15.4. The molecule has 0 atom stereocenters. The molecule has 1 aliphatic rings. The molecule has 0 unspecified atom stereocenters. The molecule has 0 bridgehead atoms. The number of halogens is 11. The Labute approximate surface area is 170 Å². The number of anilines is 1. The molecule has 1 heterocycles. The van der Waals surface area contributed by atoms with Gasteiger partial charge >= 0.3 is 12.4 Å². The highest BCUT2D eigenvalue weighted by molar-refractivity contribution is 6.32. The van der Waals surface area contributed by atoms with Gasteiger partial charge in [0, 0.05) is 5.92 Å². The fraction of sp³-hybridized carbons (Fsp3) is 0.375. The van der Waals surface area contributed by atoms with Gasteiger partial charge in [0.2, 0.25) is 5.91 Å². The van der Waals surface area contributed by atoms with E-state index in [9.17, 15) is 48.7 Å². The van der Waals surface area contributed by atoms with Gasteiger partial charge in [-0.05, 0) is 12.8 Å². The van der Waals surface area contributed by atoms with Crippen LogP contribution in [0.2, 0.25) is 5.02 Å². The highest BCUT2D eigenvalue weighted by atomic mass is 35.5. The predicted octanol–water partition coefficient (Wildman–Crippen LogP) is 5.65. The monoisotopic (exact) mass is 483 g/mol. The summed E-state index contributed by atoms with van der Waals surface area (Å²) in [6.07, 6.45) is -9.93. The van der Waals surface area contributed by atoms with Gasteiger partial charge in [0.1, 0.15) is 17.8 Å². The van der Waals surface area contributed by atoms with Crippen molar-refractivity contribution < 1.29 is 48.7 Å². The van der Waals surface area contributed by atoms with E-state index >= 15 is 0 Å². The Kier molecular flexibility index (Phi) is 5.65. The maximum Gasteiger partial charge on any atom is 0.436 e. The van der Waals surface area contributed by atoms with Crippen LogP contribution in [0.3, 0.4) is 0 Å². The molecule has 2 aromatic rings. The second kappa shape index (κ2) is 7.57. The number of hydrogen-bond donors (Lipinski definition) is 1. The van der Waals surface area contributed by atoms with Gasteiger partial charge in [0.25, 0.3) is 0 Å². The van der Waals surface area contributed by atoms with Crippen molar-refractivity contribution in [2.24, 2.45) is 0 Å². The summed E-state index contributed by atoms with van der Waals surface area (Å²) in [6.45, 7) is -1.12. The van der Waals surface area contributed by atoms with Crippen LogP contribution >= 0.6 is 11.6 Å². The zero-order chi connectivity index (χ0) is 23.5. The lowest BCUT2D eigenvalue weighted by atomic mass is 10.1. The quantitative estimate of drug-likeness (QED) is 0.451. The Balaban J connectivity index is 1.94. The standard InChI is InChI=1S/C16H8ClF10N3O/c17-7-13(4-1-2-4)30(29-14(7)16(25,26)27)3-5(31)28-12-10(20)8(18)6(15(22,23)24)9(19)11(12)21/h4H,1-3H2,(H,28,31). The number of amides is 1. The summed E-state index contributed by atoms with van der Waals surface area (Å²) in [5.74, 6) is -12.7. The first-order chi connectivity index (χ1) is 14.1. The number of carbonyl (C=O) groups excluding carboxylic acids is 1. The number of rotatable bonds is 4. The fourth-order valence-corrected chi connectivity index (χ4v) is 3.20. The maximum absolute atomic E-state index is 13.9. The molecule has 1 N–H and O–H groups in total.